The van der Waals surface area contributed by atoms with Crippen LogP contribution in [-0.2, 0) is 0 Å². The normalized spacial score (nSPS) is 10.3. The van der Waals surface area contributed by atoms with E-state index in [1.807, 2.05) is 103 Å². The van der Waals surface area contributed by atoms with Gasteiger partial charge in [-0.3, -0.25) is 9.78 Å². The number of benzene rings is 3. The molecule has 0 saturated carbocycles. The molecule has 1 amide bonds. The van der Waals surface area contributed by atoms with Crippen molar-refractivity contribution < 1.29 is 9.53 Å². The lowest BCUT2D eigenvalue weighted by Crippen LogP contribution is -2.18. The summed E-state index contributed by atoms with van der Waals surface area (Å²) in [6.45, 7) is 0. The first-order valence-corrected chi connectivity index (χ1v) is 9.58. The van der Waals surface area contributed by atoms with Crippen LogP contribution in [0.2, 0.25) is 0 Å². The van der Waals surface area contributed by atoms with Crippen molar-refractivity contribution in [3.8, 4) is 11.5 Å². The van der Waals surface area contributed by atoms with Gasteiger partial charge in [-0.15, -0.1) is 0 Å². The average Bonchev–Trinajstić information content (AvgIpc) is 2.81. The van der Waals surface area contributed by atoms with Gasteiger partial charge in [-0.25, -0.2) is 0 Å². The molecule has 1 heterocycles. The van der Waals surface area contributed by atoms with Crippen molar-refractivity contribution in [3.05, 3.63) is 109 Å². The van der Waals surface area contributed by atoms with Gasteiger partial charge in [-0.2, -0.15) is 0 Å². The second kappa shape index (κ2) is 8.92. The minimum absolute atomic E-state index is 0.178. The quantitative estimate of drug-likeness (QED) is 0.442. The number of rotatable bonds is 6. The molecule has 5 nitrogen and oxygen atoms in total. The first-order valence-electron chi connectivity index (χ1n) is 9.58. The van der Waals surface area contributed by atoms with E-state index >= 15 is 0 Å². The topological polar surface area (TPSA) is 54.5 Å². The Morgan fingerprint density at radius 1 is 0.800 bits per heavy atom. The average molecular weight is 395 g/mol. The molecule has 148 valence electrons. The zero-order valence-corrected chi connectivity index (χ0v) is 16.5. The molecule has 0 fully saturated rings. The number of anilines is 3. The van der Waals surface area contributed by atoms with Gasteiger partial charge in [0.25, 0.3) is 5.91 Å². The summed E-state index contributed by atoms with van der Waals surface area (Å²) in [5.74, 6) is 1.29. The highest BCUT2D eigenvalue weighted by molar-refractivity contribution is 6.08. The SMILES string of the molecule is CN(c1ccncc1)c1ccccc1C(=O)Nc1ccc(Oc2ccccc2)cc1. The molecule has 0 aliphatic carbocycles. The van der Waals surface area contributed by atoms with E-state index in [1.165, 1.54) is 0 Å². The summed E-state index contributed by atoms with van der Waals surface area (Å²) in [4.78, 5) is 19.0. The molecule has 3 aromatic carbocycles. The maximum absolute atomic E-state index is 13.0. The van der Waals surface area contributed by atoms with E-state index in [0.717, 1.165) is 17.1 Å². The summed E-state index contributed by atoms with van der Waals surface area (Å²) >= 11 is 0. The standard InChI is InChI=1S/C25H21N3O2/c1-28(20-15-17-26-18-16-20)24-10-6-5-9-23(24)25(29)27-19-11-13-22(14-12-19)30-21-7-3-2-4-8-21/h2-18H,1H3,(H,27,29). The Bertz CT molecular complexity index is 1110. The van der Waals surface area contributed by atoms with Crippen molar-refractivity contribution in [2.45, 2.75) is 0 Å². The van der Waals surface area contributed by atoms with Crippen LogP contribution in [0.15, 0.2) is 103 Å². The summed E-state index contributed by atoms with van der Waals surface area (Å²) in [5.41, 5.74) is 3.04. The van der Waals surface area contributed by atoms with Crippen molar-refractivity contribution in [1.29, 1.82) is 0 Å². The van der Waals surface area contributed by atoms with Gasteiger partial charge in [-0.05, 0) is 60.7 Å². The molecule has 5 heteroatoms. The Balaban J connectivity index is 1.49. The molecule has 4 rings (SSSR count). The third-order valence-corrected chi connectivity index (χ3v) is 4.65. The number of ether oxygens (including phenoxy) is 1. The number of carbonyl (C=O) groups excluding carboxylic acids is 1. The highest BCUT2D eigenvalue weighted by Gasteiger charge is 2.15. The zero-order chi connectivity index (χ0) is 20.8. The van der Waals surface area contributed by atoms with Crippen LogP contribution in [0.5, 0.6) is 11.5 Å². The lowest BCUT2D eigenvalue weighted by Gasteiger charge is -2.22. The number of hydrogen-bond acceptors (Lipinski definition) is 4. The van der Waals surface area contributed by atoms with Crippen molar-refractivity contribution >= 4 is 23.0 Å². The largest absolute Gasteiger partial charge is 0.457 e. The maximum atomic E-state index is 13.0. The Kier molecular flexibility index (Phi) is 5.71. The molecule has 0 aliphatic heterocycles. The van der Waals surface area contributed by atoms with Crippen LogP contribution < -0.4 is 15.0 Å². The third kappa shape index (κ3) is 4.47. The fourth-order valence-electron chi connectivity index (χ4n) is 3.09. The summed E-state index contributed by atoms with van der Waals surface area (Å²) in [5, 5.41) is 2.96. The summed E-state index contributed by atoms with van der Waals surface area (Å²) < 4.78 is 5.80. The van der Waals surface area contributed by atoms with E-state index in [1.54, 1.807) is 12.4 Å². The molecule has 0 radical (unpaired) electrons. The van der Waals surface area contributed by atoms with Gasteiger partial charge in [0.1, 0.15) is 11.5 Å². The fourth-order valence-corrected chi connectivity index (χ4v) is 3.09. The number of carbonyl (C=O) groups is 1. The molecule has 1 aromatic heterocycles. The Labute approximate surface area is 175 Å². The van der Waals surface area contributed by atoms with Crippen LogP contribution in [0.1, 0.15) is 10.4 Å². The van der Waals surface area contributed by atoms with Crippen LogP contribution >= 0.6 is 0 Å². The number of nitrogens with zero attached hydrogens (tertiary/aromatic N) is 2. The predicted octanol–water partition coefficient (Wildman–Crippen LogP) is 5.89. The molecular formula is C25H21N3O2. The molecule has 30 heavy (non-hydrogen) atoms. The van der Waals surface area contributed by atoms with Gasteiger partial charge >= 0.3 is 0 Å². The molecule has 0 saturated heterocycles. The lowest BCUT2D eigenvalue weighted by molar-refractivity contribution is 0.102. The van der Waals surface area contributed by atoms with Crippen molar-refractivity contribution in [2.75, 3.05) is 17.3 Å². The van der Waals surface area contributed by atoms with Gasteiger partial charge in [-0.1, -0.05) is 30.3 Å². The van der Waals surface area contributed by atoms with E-state index in [-0.39, 0.29) is 5.91 Å². The molecule has 0 atom stereocenters. The van der Waals surface area contributed by atoms with Crippen molar-refractivity contribution in [2.24, 2.45) is 0 Å². The fraction of sp³-hybridized carbons (Fsp3) is 0.0400. The number of hydrogen-bond donors (Lipinski definition) is 1. The van der Waals surface area contributed by atoms with Gasteiger partial charge < -0.3 is 15.0 Å². The first kappa shape index (κ1) is 19.2. The second-order valence-corrected chi connectivity index (χ2v) is 6.68. The molecule has 0 unspecified atom stereocenters. The second-order valence-electron chi connectivity index (χ2n) is 6.68. The molecule has 0 aliphatic rings. The molecule has 0 bridgehead atoms. The number of para-hydroxylation sites is 2. The minimum atomic E-state index is -0.178. The first-order chi connectivity index (χ1) is 14.7. The lowest BCUT2D eigenvalue weighted by atomic mass is 10.1. The van der Waals surface area contributed by atoms with Gasteiger partial charge in [0, 0.05) is 30.8 Å². The maximum Gasteiger partial charge on any atom is 0.257 e. The van der Waals surface area contributed by atoms with Gasteiger partial charge in [0.05, 0.1) is 11.3 Å². The number of nitrogens with one attached hydrogen (secondary N) is 1. The van der Waals surface area contributed by atoms with Crippen LogP contribution in [0, 0.1) is 0 Å². The smallest absolute Gasteiger partial charge is 0.257 e. The molecule has 0 spiro atoms. The minimum Gasteiger partial charge on any atom is -0.457 e. The zero-order valence-electron chi connectivity index (χ0n) is 16.5. The Morgan fingerprint density at radius 2 is 1.43 bits per heavy atom. The summed E-state index contributed by atoms with van der Waals surface area (Å²) in [6.07, 6.45) is 3.46. The van der Waals surface area contributed by atoms with Crippen LogP contribution in [0.4, 0.5) is 17.1 Å². The number of pyridine rings is 1. The molecular weight excluding hydrogens is 374 g/mol. The van der Waals surface area contributed by atoms with E-state index in [9.17, 15) is 4.79 Å². The molecule has 4 aromatic rings. The number of aromatic nitrogens is 1. The van der Waals surface area contributed by atoms with Crippen molar-refractivity contribution in [3.63, 3.8) is 0 Å². The highest BCUT2D eigenvalue weighted by atomic mass is 16.5. The number of amides is 1. The summed E-state index contributed by atoms with van der Waals surface area (Å²) in [6, 6.07) is 28.2. The van der Waals surface area contributed by atoms with Crippen LogP contribution in [0.25, 0.3) is 0 Å². The van der Waals surface area contributed by atoms with E-state index in [4.69, 9.17) is 4.74 Å². The summed E-state index contributed by atoms with van der Waals surface area (Å²) in [7, 11) is 1.93. The monoisotopic (exact) mass is 395 g/mol. The van der Waals surface area contributed by atoms with Gasteiger partial charge in [0.15, 0.2) is 0 Å². The Hall–Kier alpha value is -4.12. The van der Waals surface area contributed by atoms with E-state index in [0.29, 0.717) is 17.0 Å². The van der Waals surface area contributed by atoms with Crippen LogP contribution in [0.3, 0.4) is 0 Å². The highest BCUT2D eigenvalue weighted by Crippen LogP contribution is 2.28. The molecule has 1 N–H and O–H groups in total. The van der Waals surface area contributed by atoms with Crippen LogP contribution in [-0.4, -0.2) is 17.9 Å². The predicted molar refractivity (Wildman–Crippen MR) is 120 cm³/mol. The third-order valence-electron chi connectivity index (χ3n) is 4.65. The van der Waals surface area contributed by atoms with Gasteiger partial charge in [0.2, 0.25) is 0 Å². The Morgan fingerprint density at radius 3 is 2.17 bits per heavy atom. The van der Waals surface area contributed by atoms with Crippen molar-refractivity contribution in [1.82, 2.24) is 4.98 Å². The van der Waals surface area contributed by atoms with E-state index in [2.05, 4.69) is 10.3 Å². The van der Waals surface area contributed by atoms with E-state index < -0.39 is 0 Å².